The zero-order chi connectivity index (χ0) is 20.3. The molecule has 0 unspecified atom stereocenters. The molecule has 0 radical (unpaired) electrons. The molecule has 3 fully saturated rings. The van der Waals surface area contributed by atoms with E-state index in [1.165, 1.54) is 12.5 Å². The van der Waals surface area contributed by atoms with E-state index >= 15 is 0 Å². The summed E-state index contributed by atoms with van der Waals surface area (Å²) in [6.45, 7) is 6.02. The van der Waals surface area contributed by atoms with E-state index in [1.807, 2.05) is 6.08 Å². The van der Waals surface area contributed by atoms with Gasteiger partial charge in [-0.05, 0) is 74.2 Å². The molecule has 0 N–H and O–H groups in total. The van der Waals surface area contributed by atoms with Crippen LogP contribution in [0.15, 0.2) is 11.6 Å². The van der Waals surface area contributed by atoms with Gasteiger partial charge in [-0.3, -0.25) is 14.4 Å². The highest BCUT2D eigenvalue weighted by atomic mass is 127. The molecule has 0 aromatic rings. The number of alkyl halides is 1. The van der Waals surface area contributed by atoms with E-state index in [2.05, 4.69) is 36.4 Å². The number of ether oxygens (including phenoxy) is 1. The number of esters is 1. The number of carbonyl (C=O) groups is 3. The van der Waals surface area contributed by atoms with Crippen molar-refractivity contribution in [1.29, 1.82) is 0 Å². The first-order valence-corrected chi connectivity index (χ1v) is 12.2. The summed E-state index contributed by atoms with van der Waals surface area (Å²) in [4.78, 5) is 37.1. The summed E-state index contributed by atoms with van der Waals surface area (Å²) in [5, 5.41) is 0. The SMILES string of the molecule is CC(=O)O[C@@]1(C(=O)CI)CC[C@H]2[C@@H]3CCC4=CC(=O)CC[C@]4(C)[C@H]3CC[C@@]21C. The summed E-state index contributed by atoms with van der Waals surface area (Å²) in [6, 6.07) is 0. The van der Waals surface area contributed by atoms with E-state index in [1.54, 1.807) is 0 Å². The average Bonchev–Trinajstić information content (AvgIpc) is 2.94. The maximum Gasteiger partial charge on any atom is 0.303 e. The number of carbonyl (C=O) groups excluding carboxylic acids is 3. The van der Waals surface area contributed by atoms with E-state index in [0.717, 1.165) is 38.5 Å². The lowest BCUT2D eigenvalue weighted by Gasteiger charge is -2.59. The fraction of sp³-hybridized carbons (Fsp3) is 0.783. The molecule has 4 rings (SSSR count). The summed E-state index contributed by atoms with van der Waals surface area (Å²) in [6.07, 6.45) is 9.25. The Labute approximate surface area is 181 Å². The Morgan fingerprint density at radius 2 is 1.82 bits per heavy atom. The third kappa shape index (κ3) is 2.70. The first-order chi connectivity index (χ1) is 13.2. The second kappa shape index (κ2) is 6.92. The minimum absolute atomic E-state index is 0.0811. The van der Waals surface area contributed by atoms with Crippen LogP contribution in [0.5, 0.6) is 0 Å². The smallest absolute Gasteiger partial charge is 0.303 e. The molecule has 4 aliphatic rings. The van der Waals surface area contributed by atoms with E-state index in [4.69, 9.17) is 4.74 Å². The van der Waals surface area contributed by atoms with Gasteiger partial charge in [0.15, 0.2) is 17.2 Å². The number of fused-ring (bicyclic) bond motifs is 5. The van der Waals surface area contributed by atoms with Gasteiger partial charge in [-0.1, -0.05) is 42.0 Å². The maximum atomic E-state index is 13.1. The molecule has 0 saturated heterocycles. The zero-order valence-corrected chi connectivity index (χ0v) is 19.3. The van der Waals surface area contributed by atoms with Crippen molar-refractivity contribution >= 4 is 40.1 Å². The van der Waals surface area contributed by atoms with Crippen LogP contribution in [-0.2, 0) is 19.1 Å². The van der Waals surface area contributed by atoms with Gasteiger partial charge in [0.2, 0.25) is 0 Å². The molecule has 3 saturated carbocycles. The van der Waals surface area contributed by atoms with Crippen molar-refractivity contribution in [3.05, 3.63) is 11.6 Å². The molecule has 0 aliphatic heterocycles. The van der Waals surface area contributed by atoms with Crippen LogP contribution in [0.1, 0.15) is 72.1 Å². The van der Waals surface area contributed by atoms with Gasteiger partial charge >= 0.3 is 5.97 Å². The number of hydrogen-bond donors (Lipinski definition) is 0. The molecule has 4 nitrogen and oxygen atoms in total. The number of Topliss-reactive ketones (excluding diaryl/α,β-unsaturated/α-hetero) is 1. The molecule has 0 amide bonds. The largest absolute Gasteiger partial charge is 0.451 e. The van der Waals surface area contributed by atoms with Gasteiger partial charge in [0.05, 0.1) is 4.43 Å². The lowest BCUT2D eigenvalue weighted by atomic mass is 9.46. The first-order valence-electron chi connectivity index (χ1n) is 10.7. The van der Waals surface area contributed by atoms with Crippen LogP contribution in [0.2, 0.25) is 0 Å². The third-order valence-corrected chi connectivity index (χ3v) is 9.66. The Morgan fingerprint density at radius 3 is 2.50 bits per heavy atom. The minimum atomic E-state index is -0.949. The van der Waals surface area contributed by atoms with Crippen molar-refractivity contribution in [2.24, 2.45) is 28.6 Å². The molecule has 28 heavy (non-hydrogen) atoms. The van der Waals surface area contributed by atoms with Gasteiger partial charge in [-0.25, -0.2) is 0 Å². The number of rotatable bonds is 3. The molecule has 0 bridgehead atoms. The quantitative estimate of drug-likeness (QED) is 0.318. The summed E-state index contributed by atoms with van der Waals surface area (Å²) < 4.78 is 6.28. The highest BCUT2D eigenvalue weighted by molar-refractivity contribution is 14.1. The van der Waals surface area contributed by atoms with Crippen molar-refractivity contribution in [3.8, 4) is 0 Å². The predicted octanol–water partition coefficient (Wildman–Crippen LogP) is 4.82. The van der Waals surface area contributed by atoms with Crippen LogP contribution in [0, 0.1) is 28.6 Å². The molecule has 0 heterocycles. The Kier molecular flexibility index (Phi) is 5.08. The lowest BCUT2D eigenvalue weighted by Crippen LogP contribution is -2.59. The van der Waals surface area contributed by atoms with E-state index in [0.29, 0.717) is 35.0 Å². The van der Waals surface area contributed by atoms with Crippen LogP contribution in [0.4, 0.5) is 0 Å². The van der Waals surface area contributed by atoms with E-state index in [9.17, 15) is 14.4 Å². The Balaban J connectivity index is 1.70. The predicted molar refractivity (Wildman–Crippen MR) is 115 cm³/mol. The molecule has 6 atom stereocenters. The first kappa shape index (κ1) is 20.5. The molecular weight excluding hydrogens is 467 g/mol. The summed E-state index contributed by atoms with van der Waals surface area (Å²) in [7, 11) is 0. The fourth-order valence-electron chi connectivity index (χ4n) is 7.59. The van der Waals surface area contributed by atoms with Gasteiger partial charge in [0, 0.05) is 18.8 Å². The van der Waals surface area contributed by atoms with Crippen molar-refractivity contribution < 1.29 is 19.1 Å². The Morgan fingerprint density at radius 1 is 1.11 bits per heavy atom. The summed E-state index contributed by atoms with van der Waals surface area (Å²) in [5.41, 5.74) is 0.262. The monoisotopic (exact) mass is 498 g/mol. The number of ketones is 2. The van der Waals surface area contributed by atoms with Crippen LogP contribution >= 0.6 is 22.6 Å². The minimum Gasteiger partial charge on any atom is -0.451 e. The highest BCUT2D eigenvalue weighted by Crippen LogP contribution is 2.68. The van der Waals surface area contributed by atoms with Gasteiger partial charge in [0.25, 0.3) is 0 Å². The second-order valence-corrected chi connectivity index (χ2v) is 10.7. The standard InChI is InChI=1S/C23H31IO4/c1-14(25)28-23(20(27)13-24)11-8-19-17-5-4-15-12-16(26)6-9-21(15,2)18(17)7-10-22(19,23)3/h12,17-19H,4-11,13H2,1-3H3/t17-,18+,19+,21+,22+,23-/m1/s1. The van der Waals surface area contributed by atoms with Crippen LogP contribution in [0.3, 0.4) is 0 Å². The van der Waals surface area contributed by atoms with Crippen LogP contribution < -0.4 is 0 Å². The summed E-state index contributed by atoms with van der Waals surface area (Å²) >= 11 is 2.12. The van der Waals surface area contributed by atoms with Gasteiger partial charge in [-0.15, -0.1) is 0 Å². The highest BCUT2D eigenvalue weighted by Gasteiger charge is 2.68. The van der Waals surface area contributed by atoms with Crippen molar-refractivity contribution in [2.45, 2.75) is 77.7 Å². The summed E-state index contributed by atoms with van der Waals surface area (Å²) in [5.74, 6) is 1.56. The van der Waals surface area contributed by atoms with E-state index < -0.39 is 5.60 Å². The van der Waals surface area contributed by atoms with Gasteiger partial charge < -0.3 is 4.74 Å². The molecule has 0 spiro atoms. The van der Waals surface area contributed by atoms with Crippen LogP contribution in [-0.4, -0.2) is 27.6 Å². The van der Waals surface area contributed by atoms with Gasteiger partial charge in [-0.2, -0.15) is 0 Å². The second-order valence-electron chi connectivity index (χ2n) is 9.94. The lowest BCUT2D eigenvalue weighted by molar-refractivity contribution is -0.186. The van der Waals surface area contributed by atoms with Crippen molar-refractivity contribution in [3.63, 3.8) is 0 Å². The number of halogens is 1. The molecule has 5 heteroatoms. The molecule has 4 aliphatic carbocycles. The van der Waals surface area contributed by atoms with Crippen LogP contribution in [0.25, 0.3) is 0 Å². The number of hydrogen-bond acceptors (Lipinski definition) is 4. The molecule has 154 valence electrons. The fourth-order valence-corrected chi connectivity index (χ4v) is 8.21. The Hall–Kier alpha value is -0.720. The van der Waals surface area contributed by atoms with Crippen molar-refractivity contribution in [1.82, 2.24) is 0 Å². The van der Waals surface area contributed by atoms with Crippen molar-refractivity contribution in [2.75, 3.05) is 4.43 Å². The topological polar surface area (TPSA) is 60.4 Å². The van der Waals surface area contributed by atoms with Gasteiger partial charge in [0.1, 0.15) is 0 Å². The van der Waals surface area contributed by atoms with E-state index in [-0.39, 0.29) is 28.4 Å². The molecular formula is C23H31IO4. The third-order valence-electron chi connectivity index (χ3n) is 8.97. The molecule has 0 aromatic heterocycles. The normalized spacial score (nSPS) is 44.8. The Bertz CT molecular complexity index is 758. The molecule has 0 aromatic carbocycles. The average molecular weight is 498 g/mol. The zero-order valence-electron chi connectivity index (χ0n) is 17.2. The number of allylic oxidation sites excluding steroid dienone is 1. The maximum absolute atomic E-state index is 13.1.